The molecule has 106 valence electrons. The van der Waals surface area contributed by atoms with E-state index in [-0.39, 0.29) is 11.5 Å². The van der Waals surface area contributed by atoms with Crippen molar-refractivity contribution < 1.29 is 4.42 Å². The number of furan rings is 1. The van der Waals surface area contributed by atoms with Crippen molar-refractivity contribution in [3.63, 3.8) is 0 Å². The van der Waals surface area contributed by atoms with Crippen LogP contribution < -0.4 is 5.32 Å². The van der Waals surface area contributed by atoms with E-state index >= 15 is 0 Å². The van der Waals surface area contributed by atoms with E-state index in [1.807, 2.05) is 19.2 Å². The SMILES string of the molecule is CNC(c1cc2ccccc2o1)C1(c2ccccc2)CC1. The lowest BCUT2D eigenvalue weighted by molar-refractivity contribution is 0.383. The highest BCUT2D eigenvalue weighted by molar-refractivity contribution is 5.77. The monoisotopic (exact) mass is 277 g/mol. The molecule has 0 spiro atoms. The van der Waals surface area contributed by atoms with Gasteiger partial charge in [0.1, 0.15) is 11.3 Å². The molecule has 1 aromatic heterocycles. The molecule has 1 saturated carbocycles. The van der Waals surface area contributed by atoms with Crippen molar-refractivity contribution in [2.45, 2.75) is 24.3 Å². The van der Waals surface area contributed by atoms with E-state index in [9.17, 15) is 0 Å². The van der Waals surface area contributed by atoms with Gasteiger partial charge in [0, 0.05) is 10.8 Å². The Morgan fingerprint density at radius 2 is 1.71 bits per heavy atom. The van der Waals surface area contributed by atoms with Crippen LogP contribution in [-0.4, -0.2) is 7.05 Å². The van der Waals surface area contributed by atoms with E-state index in [2.05, 4.69) is 53.8 Å². The standard InChI is InChI=1S/C19H19NO/c1-20-18(17-13-14-7-5-6-10-16(14)21-17)19(11-12-19)15-8-3-2-4-9-15/h2-10,13,18,20H,11-12H2,1H3. The van der Waals surface area contributed by atoms with Gasteiger partial charge >= 0.3 is 0 Å². The minimum atomic E-state index is 0.184. The van der Waals surface area contributed by atoms with Crippen LogP contribution in [0.25, 0.3) is 11.0 Å². The van der Waals surface area contributed by atoms with Gasteiger partial charge in [0.25, 0.3) is 0 Å². The number of hydrogen-bond donors (Lipinski definition) is 1. The van der Waals surface area contributed by atoms with Crippen molar-refractivity contribution in [1.29, 1.82) is 0 Å². The maximum Gasteiger partial charge on any atom is 0.134 e. The largest absolute Gasteiger partial charge is 0.459 e. The van der Waals surface area contributed by atoms with Crippen molar-refractivity contribution in [1.82, 2.24) is 5.32 Å². The molecule has 2 heteroatoms. The van der Waals surface area contributed by atoms with Crippen molar-refractivity contribution >= 4 is 11.0 Å². The van der Waals surface area contributed by atoms with Gasteiger partial charge in [-0.05, 0) is 37.6 Å². The zero-order valence-corrected chi connectivity index (χ0v) is 12.2. The second-order valence-electron chi connectivity index (χ2n) is 5.93. The predicted octanol–water partition coefficient (Wildman–Crippen LogP) is 4.43. The summed E-state index contributed by atoms with van der Waals surface area (Å²) in [7, 11) is 2.03. The first-order valence-corrected chi connectivity index (χ1v) is 7.55. The van der Waals surface area contributed by atoms with Crippen LogP contribution in [0, 0.1) is 0 Å². The molecule has 1 atom stereocenters. The third kappa shape index (κ3) is 1.98. The Kier molecular flexibility index (Phi) is 2.86. The van der Waals surface area contributed by atoms with E-state index in [1.165, 1.54) is 23.8 Å². The Balaban J connectivity index is 1.78. The highest BCUT2D eigenvalue weighted by Crippen LogP contribution is 2.56. The summed E-state index contributed by atoms with van der Waals surface area (Å²) in [6.07, 6.45) is 2.42. The number of rotatable bonds is 4. The lowest BCUT2D eigenvalue weighted by Crippen LogP contribution is -2.29. The van der Waals surface area contributed by atoms with Gasteiger partial charge in [-0.3, -0.25) is 0 Å². The molecule has 0 radical (unpaired) electrons. The van der Waals surface area contributed by atoms with Gasteiger partial charge in [0.2, 0.25) is 0 Å². The van der Waals surface area contributed by atoms with E-state index in [1.54, 1.807) is 0 Å². The molecule has 0 amide bonds. The molecule has 1 aliphatic carbocycles. The fraction of sp³-hybridized carbons (Fsp3) is 0.263. The summed E-state index contributed by atoms with van der Waals surface area (Å²) in [6.45, 7) is 0. The van der Waals surface area contributed by atoms with Crippen LogP contribution in [0.5, 0.6) is 0 Å². The number of hydrogen-bond acceptors (Lipinski definition) is 2. The molecule has 4 rings (SSSR count). The summed E-state index contributed by atoms with van der Waals surface area (Å²) < 4.78 is 6.11. The first-order chi connectivity index (χ1) is 10.3. The summed E-state index contributed by atoms with van der Waals surface area (Å²) in [4.78, 5) is 0. The van der Waals surface area contributed by atoms with Crippen LogP contribution in [0.2, 0.25) is 0 Å². The fourth-order valence-electron chi connectivity index (χ4n) is 3.48. The highest BCUT2D eigenvalue weighted by Gasteiger charge is 2.51. The number of nitrogens with one attached hydrogen (secondary N) is 1. The van der Waals surface area contributed by atoms with Crippen LogP contribution in [-0.2, 0) is 5.41 Å². The van der Waals surface area contributed by atoms with Gasteiger partial charge in [-0.2, -0.15) is 0 Å². The summed E-state index contributed by atoms with van der Waals surface area (Å²) in [5, 5.41) is 4.66. The quantitative estimate of drug-likeness (QED) is 0.763. The van der Waals surface area contributed by atoms with Crippen molar-refractivity contribution in [2.75, 3.05) is 7.05 Å². The molecule has 0 aliphatic heterocycles. The number of fused-ring (bicyclic) bond motifs is 1. The first-order valence-electron chi connectivity index (χ1n) is 7.55. The molecule has 1 heterocycles. The van der Waals surface area contributed by atoms with Gasteiger partial charge < -0.3 is 9.73 Å². The zero-order chi connectivity index (χ0) is 14.3. The van der Waals surface area contributed by atoms with Crippen LogP contribution in [0.4, 0.5) is 0 Å². The molecule has 0 bridgehead atoms. The zero-order valence-electron chi connectivity index (χ0n) is 12.2. The number of para-hydroxylation sites is 1. The minimum absolute atomic E-state index is 0.184. The van der Waals surface area contributed by atoms with Crippen molar-refractivity contribution in [3.8, 4) is 0 Å². The van der Waals surface area contributed by atoms with Crippen LogP contribution in [0.1, 0.15) is 30.2 Å². The second kappa shape index (κ2) is 4.74. The predicted molar refractivity (Wildman–Crippen MR) is 85.4 cm³/mol. The fourth-order valence-corrected chi connectivity index (χ4v) is 3.48. The third-order valence-corrected chi connectivity index (χ3v) is 4.71. The molecule has 0 saturated heterocycles. The normalized spacial score (nSPS) is 17.8. The number of benzene rings is 2. The van der Waals surface area contributed by atoms with Crippen LogP contribution >= 0.6 is 0 Å². The summed E-state index contributed by atoms with van der Waals surface area (Å²) in [5.41, 5.74) is 2.56. The minimum Gasteiger partial charge on any atom is -0.459 e. The molecular formula is C19H19NO. The van der Waals surface area contributed by atoms with Crippen molar-refractivity contribution in [2.24, 2.45) is 0 Å². The third-order valence-electron chi connectivity index (χ3n) is 4.71. The molecule has 1 fully saturated rings. The first kappa shape index (κ1) is 12.7. The smallest absolute Gasteiger partial charge is 0.134 e. The average Bonchev–Trinajstić information content (AvgIpc) is 3.22. The van der Waals surface area contributed by atoms with E-state index in [4.69, 9.17) is 4.42 Å². The molecular weight excluding hydrogens is 258 g/mol. The molecule has 2 aromatic carbocycles. The van der Waals surface area contributed by atoms with Crippen LogP contribution in [0.3, 0.4) is 0 Å². The molecule has 1 N–H and O–H groups in total. The Hall–Kier alpha value is -2.06. The molecule has 2 nitrogen and oxygen atoms in total. The Morgan fingerprint density at radius 1 is 1.00 bits per heavy atom. The second-order valence-corrected chi connectivity index (χ2v) is 5.93. The van der Waals surface area contributed by atoms with E-state index in [0.29, 0.717) is 0 Å². The molecule has 3 aromatic rings. The Bertz CT molecular complexity index is 722. The van der Waals surface area contributed by atoms with E-state index < -0.39 is 0 Å². The van der Waals surface area contributed by atoms with Crippen molar-refractivity contribution in [3.05, 3.63) is 72.0 Å². The van der Waals surface area contributed by atoms with Gasteiger partial charge in [-0.25, -0.2) is 0 Å². The Labute approximate surface area is 124 Å². The lowest BCUT2D eigenvalue weighted by Gasteiger charge is -2.25. The van der Waals surface area contributed by atoms with Gasteiger partial charge in [-0.15, -0.1) is 0 Å². The van der Waals surface area contributed by atoms with Crippen LogP contribution in [0.15, 0.2) is 65.1 Å². The summed E-state index contributed by atoms with van der Waals surface area (Å²) in [5.74, 6) is 1.04. The summed E-state index contributed by atoms with van der Waals surface area (Å²) in [6, 6.07) is 21.4. The average molecular weight is 277 g/mol. The molecule has 1 aliphatic rings. The van der Waals surface area contributed by atoms with Gasteiger partial charge in [-0.1, -0.05) is 48.5 Å². The number of likely N-dealkylation sites (N-methyl/N-ethyl adjacent to an activating group) is 1. The lowest BCUT2D eigenvalue weighted by atomic mass is 9.86. The van der Waals surface area contributed by atoms with Gasteiger partial charge in [0.15, 0.2) is 0 Å². The van der Waals surface area contributed by atoms with E-state index in [0.717, 1.165) is 11.3 Å². The maximum absolute atomic E-state index is 6.11. The Morgan fingerprint density at radius 3 is 2.38 bits per heavy atom. The highest BCUT2D eigenvalue weighted by atomic mass is 16.3. The summed E-state index contributed by atoms with van der Waals surface area (Å²) >= 11 is 0. The molecule has 1 unspecified atom stereocenters. The van der Waals surface area contributed by atoms with Gasteiger partial charge in [0.05, 0.1) is 6.04 Å². The topological polar surface area (TPSA) is 25.2 Å². The molecule has 21 heavy (non-hydrogen) atoms. The maximum atomic E-state index is 6.11.